The fraction of sp³-hybridized carbons (Fsp3) is 0.308. The van der Waals surface area contributed by atoms with Crippen LogP contribution in [0.15, 0.2) is 48.8 Å². The zero-order chi connectivity index (χ0) is 30.0. The molecule has 2 atom stereocenters. The Morgan fingerprint density at radius 3 is 1.86 bits per heavy atom. The van der Waals surface area contributed by atoms with Crippen LogP contribution in [-0.2, 0) is 22.6 Å². The Balaban J connectivity index is 0.000000168. The number of anilines is 2. The smallest absolute Gasteiger partial charge is 0.414 e. The van der Waals surface area contributed by atoms with Crippen molar-refractivity contribution in [2.24, 2.45) is 0 Å². The highest BCUT2D eigenvalue weighted by Gasteiger charge is 2.34. The first-order chi connectivity index (χ1) is 20.1. The molecule has 0 bridgehead atoms. The van der Waals surface area contributed by atoms with E-state index in [0.29, 0.717) is 44.7 Å². The van der Waals surface area contributed by atoms with Gasteiger partial charge in [-0.1, -0.05) is 10.4 Å². The van der Waals surface area contributed by atoms with Crippen LogP contribution in [0.1, 0.15) is 11.4 Å². The molecule has 2 saturated heterocycles. The molecule has 0 spiro atoms. The lowest BCUT2D eigenvalue weighted by Gasteiger charge is -2.13. The second-order valence-corrected chi connectivity index (χ2v) is 11.9. The van der Waals surface area contributed by atoms with Crippen LogP contribution < -0.4 is 9.80 Å². The van der Waals surface area contributed by atoms with Gasteiger partial charge in [-0.3, -0.25) is 9.80 Å². The average molecular weight is 804 g/mol. The quantitative estimate of drug-likeness (QED) is 0.257. The lowest BCUT2D eigenvalue weighted by molar-refractivity contribution is 0.128. The maximum Gasteiger partial charge on any atom is 0.414 e. The van der Waals surface area contributed by atoms with E-state index in [9.17, 15) is 18.4 Å². The van der Waals surface area contributed by atoms with Gasteiger partial charge in [0, 0.05) is 13.3 Å². The van der Waals surface area contributed by atoms with E-state index in [1.807, 2.05) is 59.0 Å². The molecule has 2 aliphatic rings. The second kappa shape index (κ2) is 12.8. The van der Waals surface area contributed by atoms with Crippen LogP contribution in [0.4, 0.5) is 29.7 Å². The van der Waals surface area contributed by atoms with Crippen molar-refractivity contribution in [2.75, 3.05) is 22.9 Å². The van der Waals surface area contributed by atoms with Crippen molar-refractivity contribution in [3.8, 4) is 0 Å². The van der Waals surface area contributed by atoms with Gasteiger partial charge >= 0.3 is 12.2 Å². The lowest BCUT2D eigenvalue weighted by Crippen LogP contribution is -2.26. The minimum Gasteiger partial charge on any atom is -0.442 e. The maximum absolute atomic E-state index is 13.6. The van der Waals surface area contributed by atoms with Crippen LogP contribution in [-0.4, -0.2) is 67.5 Å². The van der Waals surface area contributed by atoms with E-state index in [0.717, 1.165) is 11.4 Å². The van der Waals surface area contributed by atoms with E-state index in [4.69, 9.17) is 9.47 Å². The van der Waals surface area contributed by atoms with Crippen molar-refractivity contribution in [3.05, 3.63) is 79.0 Å². The molecule has 2 fully saturated rings. The molecule has 0 saturated carbocycles. The highest BCUT2D eigenvalue weighted by Crippen LogP contribution is 2.26. The van der Waals surface area contributed by atoms with Crippen molar-refractivity contribution >= 4 is 68.7 Å². The van der Waals surface area contributed by atoms with Crippen LogP contribution in [0, 0.1) is 32.6 Å². The molecule has 2 amide bonds. The number of aryl methyl sites for hydroxylation is 2. The number of hydrogen-bond acceptors (Lipinski definition) is 8. The van der Waals surface area contributed by atoms with Crippen molar-refractivity contribution in [3.63, 3.8) is 0 Å². The van der Waals surface area contributed by atoms with Gasteiger partial charge in [-0.2, -0.15) is 0 Å². The van der Waals surface area contributed by atoms with Gasteiger partial charge in [-0.05, 0) is 95.4 Å². The number of ether oxygens (including phenoxy) is 2. The Bertz CT molecular complexity index is 1620. The molecule has 2 aliphatic heterocycles. The number of rotatable bonds is 6. The Labute approximate surface area is 266 Å². The predicted molar refractivity (Wildman–Crippen MR) is 163 cm³/mol. The van der Waals surface area contributed by atoms with Gasteiger partial charge < -0.3 is 9.47 Å². The fourth-order valence-corrected chi connectivity index (χ4v) is 5.01. The van der Waals surface area contributed by atoms with E-state index in [1.54, 1.807) is 46.0 Å². The number of halogens is 4. The van der Waals surface area contributed by atoms with Crippen molar-refractivity contribution in [1.29, 1.82) is 0 Å². The summed E-state index contributed by atoms with van der Waals surface area (Å²) in [5.74, 6) is -0.701. The number of cyclic esters (lactones) is 2. The van der Waals surface area contributed by atoms with Crippen molar-refractivity contribution < 1.29 is 27.8 Å². The van der Waals surface area contributed by atoms with E-state index in [1.165, 1.54) is 21.9 Å². The molecule has 0 N–H and O–H groups in total. The third-order valence-electron chi connectivity index (χ3n) is 6.41. The molecule has 2 aromatic heterocycles. The van der Waals surface area contributed by atoms with Crippen LogP contribution in [0.5, 0.6) is 0 Å². The van der Waals surface area contributed by atoms with Crippen molar-refractivity contribution in [2.45, 2.75) is 39.1 Å². The SMILES string of the molecule is Cc1cn(C[C@H]2CN(c3ccc(I)c(F)c3)C(=O)O2)nn1.Cc1cnnn1C[C@H]1CN(c2ccc(I)c(F)c2)C(=O)O1. The normalized spacial score (nSPS) is 18.1. The van der Waals surface area contributed by atoms with Crippen LogP contribution in [0.25, 0.3) is 0 Å². The summed E-state index contributed by atoms with van der Waals surface area (Å²) in [4.78, 5) is 26.7. The van der Waals surface area contributed by atoms with Crippen LogP contribution in [0.3, 0.4) is 0 Å². The summed E-state index contributed by atoms with van der Waals surface area (Å²) in [6.45, 7) is 5.29. The molecule has 16 heteroatoms. The monoisotopic (exact) mass is 804 g/mol. The zero-order valence-electron chi connectivity index (χ0n) is 22.3. The molecule has 4 heterocycles. The predicted octanol–water partition coefficient (Wildman–Crippen LogP) is 4.71. The summed E-state index contributed by atoms with van der Waals surface area (Å²) in [7, 11) is 0. The average Bonchev–Trinajstić information content (AvgIpc) is 3.73. The molecule has 12 nitrogen and oxygen atoms in total. The number of carbonyl (C=O) groups is 2. The molecular formula is C26H24F2I2N8O4. The van der Waals surface area contributed by atoms with Crippen LogP contribution >= 0.6 is 45.2 Å². The molecule has 6 rings (SSSR count). The second-order valence-electron chi connectivity index (χ2n) is 9.57. The minimum absolute atomic E-state index is 0.332. The van der Waals surface area contributed by atoms with E-state index in [-0.39, 0.29) is 23.8 Å². The van der Waals surface area contributed by atoms with Crippen LogP contribution in [0.2, 0.25) is 0 Å². The van der Waals surface area contributed by atoms with Gasteiger partial charge in [0.15, 0.2) is 0 Å². The highest BCUT2D eigenvalue weighted by atomic mass is 127. The van der Waals surface area contributed by atoms with Gasteiger partial charge in [-0.15, -0.1) is 10.2 Å². The summed E-state index contributed by atoms with van der Waals surface area (Å²) in [6, 6.07) is 9.35. The van der Waals surface area contributed by atoms with E-state index < -0.39 is 12.2 Å². The minimum atomic E-state index is -0.475. The first kappa shape index (κ1) is 30.1. The van der Waals surface area contributed by atoms with E-state index in [2.05, 4.69) is 20.6 Å². The maximum atomic E-state index is 13.6. The molecule has 4 aromatic rings. The van der Waals surface area contributed by atoms with Gasteiger partial charge in [0.1, 0.15) is 23.8 Å². The standard InChI is InChI=1S/2C13H12FIN4O2/c1-8-5-18(17-16-8)6-10-7-19(13(20)21-10)9-2-3-12(15)11(14)4-9;1-8-5-16-17-19(8)7-10-6-18(13(20)21-10)9-2-3-12(15)11(14)4-9/h2*2-5,10H,6-7H2,1H3/t2*10-/m01/s1. The van der Waals surface area contributed by atoms with Crippen molar-refractivity contribution in [1.82, 2.24) is 30.0 Å². The lowest BCUT2D eigenvalue weighted by atomic mass is 10.2. The van der Waals surface area contributed by atoms with Gasteiger partial charge in [0.25, 0.3) is 0 Å². The van der Waals surface area contributed by atoms with Gasteiger partial charge in [0.2, 0.25) is 0 Å². The zero-order valence-corrected chi connectivity index (χ0v) is 26.6. The molecule has 2 aromatic carbocycles. The highest BCUT2D eigenvalue weighted by molar-refractivity contribution is 14.1. The number of benzene rings is 2. The molecule has 0 unspecified atom stereocenters. The third kappa shape index (κ3) is 6.96. The molecule has 220 valence electrons. The first-order valence-corrected chi connectivity index (χ1v) is 14.8. The Kier molecular flexibility index (Phi) is 9.19. The summed E-state index contributed by atoms with van der Waals surface area (Å²) >= 11 is 3.81. The Morgan fingerprint density at radius 1 is 0.857 bits per heavy atom. The van der Waals surface area contributed by atoms with Gasteiger partial charge in [0.05, 0.1) is 55.1 Å². The summed E-state index contributed by atoms with van der Waals surface area (Å²) in [5.41, 5.74) is 2.69. The molecule has 0 radical (unpaired) electrons. The fourth-order valence-electron chi connectivity index (χ4n) is 4.34. The number of aromatic nitrogens is 6. The number of nitrogens with zero attached hydrogens (tertiary/aromatic N) is 8. The summed E-state index contributed by atoms with van der Waals surface area (Å²) in [5, 5.41) is 15.5. The molecular weight excluding hydrogens is 780 g/mol. The summed E-state index contributed by atoms with van der Waals surface area (Å²) < 4.78 is 42.1. The number of amides is 2. The largest absolute Gasteiger partial charge is 0.442 e. The topological polar surface area (TPSA) is 121 Å². The molecule has 0 aliphatic carbocycles. The number of hydrogen-bond donors (Lipinski definition) is 0. The first-order valence-electron chi connectivity index (χ1n) is 12.7. The Hall–Kier alpha value is -3.42. The third-order valence-corrected chi connectivity index (χ3v) is 8.16. The molecule has 42 heavy (non-hydrogen) atoms. The van der Waals surface area contributed by atoms with E-state index >= 15 is 0 Å². The Morgan fingerprint density at radius 2 is 1.40 bits per heavy atom. The van der Waals surface area contributed by atoms with Gasteiger partial charge in [-0.25, -0.2) is 27.7 Å². The summed E-state index contributed by atoms with van der Waals surface area (Å²) in [6.07, 6.45) is 1.81. The number of carbonyl (C=O) groups excluding carboxylic acids is 2.